The lowest BCUT2D eigenvalue weighted by molar-refractivity contribution is 0.0349. The highest BCUT2D eigenvalue weighted by molar-refractivity contribution is 5.18. The van der Waals surface area contributed by atoms with Crippen molar-refractivity contribution in [1.29, 1.82) is 0 Å². The van der Waals surface area contributed by atoms with Crippen molar-refractivity contribution in [1.82, 2.24) is 0 Å². The molecule has 0 aromatic heterocycles. The maximum atomic E-state index is 10.5. The fraction of sp³-hybridized carbons (Fsp3) is 0.647. The second-order valence-electron chi connectivity index (χ2n) is 6.23. The molecule has 0 heterocycles. The van der Waals surface area contributed by atoms with Crippen molar-refractivity contribution in [2.45, 2.75) is 51.0 Å². The third kappa shape index (κ3) is 2.47. The molecule has 0 saturated heterocycles. The van der Waals surface area contributed by atoms with Crippen LogP contribution in [0, 0.1) is 17.8 Å². The van der Waals surface area contributed by atoms with Gasteiger partial charge < -0.3 is 5.11 Å². The van der Waals surface area contributed by atoms with E-state index in [1.165, 1.54) is 44.9 Å². The van der Waals surface area contributed by atoms with E-state index in [0.717, 1.165) is 17.4 Å². The third-order valence-electron chi connectivity index (χ3n) is 5.17. The van der Waals surface area contributed by atoms with Crippen molar-refractivity contribution in [3.8, 4) is 0 Å². The average molecular weight is 244 g/mol. The number of hydrogen-bond acceptors (Lipinski definition) is 1. The molecule has 18 heavy (non-hydrogen) atoms. The molecule has 2 saturated carbocycles. The van der Waals surface area contributed by atoms with E-state index >= 15 is 0 Å². The van der Waals surface area contributed by atoms with Crippen LogP contribution in [0.1, 0.15) is 56.6 Å². The normalized spacial score (nSPS) is 33.7. The first-order valence-corrected chi connectivity index (χ1v) is 7.57. The minimum atomic E-state index is -0.242. The lowest BCUT2D eigenvalue weighted by atomic mass is 9.66. The molecule has 3 rings (SSSR count). The quantitative estimate of drug-likeness (QED) is 0.821. The monoisotopic (exact) mass is 244 g/mol. The predicted molar refractivity (Wildman–Crippen MR) is 74.2 cm³/mol. The smallest absolute Gasteiger partial charge is 0.0818 e. The van der Waals surface area contributed by atoms with E-state index in [-0.39, 0.29) is 6.10 Å². The van der Waals surface area contributed by atoms with Crippen LogP contribution in [0.2, 0.25) is 0 Å². The fourth-order valence-corrected chi connectivity index (χ4v) is 4.12. The largest absolute Gasteiger partial charge is 0.388 e. The summed E-state index contributed by atoms with van der Waals surface area (Å²) in [6.45, 7) is 0. The summed E-state index contributed by atoms with van der Waals surface area (Å²) in [4.78, 5) is 0. The Hall–Kier alpha value is -0.820. The Balaban J connectivity index is 1.67. The molecule has 1 nitrogen and oxygen atoms in total. The first kappa shape index (κ1) is 12.2. The number of benzene rings is 1. The SMILES string of the molecule is OC(c1ccccc1)C1CCC2CCCCC2C1. The summed E-state index contributed by atoms with van der Waals surface area (Å²) in [6.07, 6.45) is 9.27. The van der Waals surface area contributed by atoms with Crippen LogP contribution >= 0.6 is 0 Å². The summed E-state index contributed by atoms with van der Waals surface area (Å²) < 4.78 is 0. The van der Waals surface area contributed by atoms with Gasteiger partial charge in [-0.1, -0.05) is 56.0 Å². The van der Waals surface area contributed by atoms with Gasteiger partial charge in [-0.25, -0.2) is 0 Å². The van der Waals surface area contributed by atoms with Gasteiger partial charge in [-0.3, -0.25) is 0 Å². The number of aliphatic hydroxyl groups is 1. The summed E-state index contributed by atoms with van der Waals surface area (Å²) >= 11 is 0. The third-order valence-corrected chi connectivity index (χ3v) is 5.17. The molecule has 0 bridgehead atoms. The van der Waals surface area contributed by atoms with Crippen molar-refractivity contribution >= 4 is 0 Å². The molecular weight excluding hydrogens is 220 g/mol. The summed E-state index contributed by atoms with van der Waals surface area (Å²) in [7, 11) is 0. The molecule has 0 radical (unpaired) electrons. The molecule has 0 spiro atoms. The molecule has 0 aliphatic heterocycles. The van der Waals surface area contributed by atoms with Gasteiger partial charge in [0.15, 0.2) is 0 Å². The van der Waals surface area contributed by atoms with E-state index in [1.54, 1.807) is 0 Å². The Morgan fingerprint density at radius 1 is 0.889 bits per heavy atom. The van der Waals surface area contributed by atoms with Crippen LogP contribution in [0.3, 0.4) is 0 Å². The van der Waals surface area contributed by atoms with Crippen LogP contribution in [-0.4, -0.2) is 5.11 Å². The van der Waals surface area contributed by atoms with E-state index < -0.39 is 0 Å². The van der Waals surface area contributed by atoms with Gasteiger partial charge in [-0.05, 0) is 42.6 Å². The Labute approximate surface area is 110 Å². The summed E-state index contributed by atoms with van der Waals surface area (Å²) in [6, 6.07) is 10.2. The van der Waals surface area contributed by atoms with Gasteiger partial charge >= 0.3 is 0 Å². The van der Waals surface area contributed by atoms with Crippen molar-refractivity contribution in [3.05, 3.63) is 35.9 Å². The van der Waals surface area contributed by atoms with Crippen molar-refractivity contribution in [2.75, 3.05) is 0 Å². The van der Waals surface area contributed by atoms with Gasteiger partial charge in [-0.2, -0.15) is 0 Å². The van der Waals surface area contributed by atoms with E-state index in [4.69, 9.17) is 0 Å². The van der Waals surface area contributed by atoms with Crippen LogP contribution in [0.4, 0.5) is 0 Å². The molecule has 1 aromatic rings. The number of fused-ring (bicyclic) bond motifs is 1. The van der Waals surface area contributed by atoms with Gasteiger partial charge in [0, 0.05) is 0 Å². The van der Waals surface area contributed by atoms with Gasteiger partial charge in [0.25, 0.3) is 0 Å². The standard InChI is InChI=1S/C17H24O/c18-17(14-7-2-1-3-8-14)16-11-10-13-6-4-5-9-15(13)12-16/h1-3,7-8,13,15-18H,4-6,9-12H2. The molecule has 98 valence electrons. The highest BCUT2D eigenvalue weighted by Gasteiger charge is 2.35. The minimum Gasteiger partial charge on any atom is -0.388 e. The maximum absolute atomic E-state index is 10.5. The van der Waals surface area contributed by atoms with Crippen molar-refractivity contribution in [3.63, 3.8) is 0 Å². The summed E-state index contributed by atoms with van der Waals surface area (Å²) in [5.74, 6) is 2.36. The second-order valence-corrected chi connectivity index (χ2v) is 6.23. The molecule has 0 amide bonds. The van der Waals surface area contributed by atoms with Crippen LogP contribution < -0.4 is 0 Å². The zero-order valence-electron chi connectivity index (χ0n) is 11.1. The van der Waals surface area contributed by atoms with E-state index in [9.17, 15) is 5.11 Å². The Morgan fingerprint density at radius 2 is 1.61 bits per heavy atom. The molecular formula is C17H24O. The van der Waals surface area contributed by atoms with Gasteiger partial charge in [0.1, 0.15) is 0 Å². The Kier molecular flexibility index (Phi) is 3.69. The molecule has 4 unspecified atom stereocenters. The first-order chi connectivity index (χ1) is 8.84. The highest BCUT2D eigenvalue weighted by atomic mass is 16.3. The Morgan fingerprint density at radius 3 is 2.39 bits per heavy atom. The second kappa shape index (κ2) is 5.44. The van der Waals surface area contributed by atoms with Crippen molar-refractivity contribution in [2.24, 2.45) is 17.8 Å². The van der Waals surface area contributed by atoms with Gasteiger partial charge in [0.2, 0.25) is 0 Å². The lowest BCUT2D eigenvalue weighted by Gasteiger charge is -2.40. The maximum Gasteiger partial charge on any atom is 0.0818 e. The number of aliphatic hydroxyl groups excluding tert-OH is 1. The lowest BCUT2D eigenvalue weighted by Crippen LogP contribution is -2.30. The molecule has 1 aromatic carbocycles. The predicted octanol–water partition coefficient (Wildman–Crippen LogP) is 4.33. The topological polar surface area (TPSA) is 20.2 Å². The molecule has 2 fully saturated rings. The molecule has 2 aliphatic rings. The van der Waals surface area contributed by atoms with Crippen molar-refractivity contribution < 1.29 is 5.11 Å². The van der Waals surface area contributed by atoms with E-state index in [2.05, 4.69) is 12.1 Å². The fourth-order valence-electron chi connectivity index (χ4n) is 4.12. The highest BCUT2D eigenvalue weighted by Crippen LogP contribution is 2.46. The van der Waals surface area contributed by atoms with Gasteiger partial charge in [-0.15, -0.1) is 0 Å². The molecule has 2 aliphatic carbocycles. The van der Waals surface area contributed by atoms with Gasteiger partial charge in [0.05, 0.1) is 6.10 Å². The summed E-state index contributed by atoms with van der Waals surface area (Å²) in [5, 5.41) is 10.5. The molecule has 1 N–H and O–H groups in total. The first-order valence-electron chi connectivity index (χ1n) is 7.57. The van der Waals surface area contributed by atoms with E-state index in [1.807, 2.05) is 18.2 Å². The zero-order valence-corrected chi connectivity index (χ0v) is 11.1. The molecule has 4 atom stereocenters. The van der Waals surface area contributed by atoms with Crippen LogP contribution in [-0.2, 0) is 0 Å². The van der Waals surface area contributed by atoms with Crippen LogP contribution in [0.15, 0.2) is 30.3 Å². The zero-order chi connectivity index (χ0) is 12.4. The van der Waals surface area contributed by atoms with E-state index in [0.29, 0.717) is 5.92 Å². The number of rotatable bonds is 2. The Bertz CT molecular complexity index is 372. The number of hydrogen-bond donors (Lipinski definition) is 1. The summed E-state index contributed by atoms with van der Waals surface area (Å²) in [5.41, 5.74) is 1.11. The average Bonchev–Trinajstić information content (AvgIpc) is 2.47. The minimum absolute atomic E-state index is 0.242. The molecule has 1 heteroatoms. The van der Waals surface area contributed by atoms with Crippen LogP contribution in [0.25, 0.3) is 0 Å². The van der Waals surface area contributed by atoms with Crippen LogP contribution in [0.5, 0.6) is 0 Å².